The van der Waals surface area contributed by atoms with E-state index >= 15 is 0 Å². The molecule has 0 atom stereocenters. The minimum atomic E-state index is -1.16. The van der Waals surface area contributed by atoms with Crippen LogP contribution in [0.5, 0.6) is 0 Å². The number of carboxylic acid groups (broad SMARTS) is 3. The van der Waals surface area contributed by atoms with Crippen LogP contribution in [-0.2, 0) is 14.4 Å². The quantitative estimate of drug-likeness (QED) is 0.260. The summed E-state index contributed by atoms with van der Waals surface area (Å²) in [6.07, 6.45) is 0. The maximum absolute atomic E-state index is 10.6. The van der Waals surface area contributed by atoms with Crippen LogP contribution in [0, 0.1) is 0 Å². The summed E-state index contributed by atoms with van der Waals surface area (Å²) in [6, 6.07) is 0. The summed E-state index contributed by atoms with van der Waals surface area (Å²) in [5.74, 6) is -3.39. The number of aliphatic hydroxyl groups is 1. The molecule has 13 heteroatoms. The number of aliphatic carboxylic acids is 3. The van der Waals surface area contributed by atoms with Crippen LogP contribution in [-0.4, -0.2) is 94.0 Å². The number of hydrogen-bond acceptors (Lipinski definition) is 6. The van der Waals surface area contributed by atoms with Crippen molar-refractivity contribution < 1.29 is 159 Å². The molecule has 23 heavy (non-hydrogen) atoms. The average Bonchev–Trinajstić information content (AvgIpc) is 2.23. The first-order valence-electron chi connectivity index (χ1n) is 5.56. The summed E-state index contributed by atoms with van der Waals surface area (Å²) < 4.78 is 0. The third-order valence-electron chi connectivity index (χ3n) is 2.23. The molecule has 0 aliphatic rings. The van der Waals surface area contributed by atoms with E-state index in [-0.39, 0.29) is 157 Å². The van der Waals surface area contributed by atoms with Crippen molar-refractivity contribution in [2.75, 3.05) is 45.9 Å². The van der Waals surface area contributed by atoms with Crippen molar-refractivity contribution in [1.82, 2.24) is 9.80 Å². The fourth-order valence-electron chi connectivity index (χ4n) is 1.48. The van der Waals surface area contributed by atoms with E-state index in [1.165, 1.54) is 9.80 Å². The fraction of sp³-hybridized carbons (Fsp3) is 0.700. The molecule has 0 radical (unpaired) electrons. The van der Waals surface area contributed by atoms with E-state index in [1.54, 1.807) is 0 Å². The molecule has 0 spiro atoms. The van der Waals surface area contributed by atoms with E-state index in [9.17, 15) is 14.4 Å². The average molecular weight is 374 g/mol. The normalized spacial score (nSPS) is 9.00. The Kier molecular flexibility index (Phi) is 35.2. The third kappa shape index (κ3) is 24.3. The van der Waals surface area contributed by atoms with E-state index in [0.29, 0.717) is 0 Å². The zero-order chi connectivity index (χ0) is 14.8. The zero-order valence-electron chi connectivity index (χ0n) is 18.4. The Labute approximate surface area is 229 Å². The molecule has 9 nitrogen and oxygen atoms in total. The number of carboxylic acids is 3. The van der Waals surface area contributed by atoms with E-state index < -0.39 is 31.0 Å². The Bertz CT molecular complexity index is 337. The Morgan fingerprint density at radius 2 is 0.957 bits per heavy atom. The van der Waals surface area contributed by atoms with Gasteiger partial charge >= 0.3 is 136 Å². The monoisotopic (exact) mass is 374 g/mol. The molecule has 0 bridgehead atoms. The molecule has 118 valence electrons. The summed E-state index contributed by atoms with van der Waals surface area (Å²) in [4.78, 5) is 34.3. The third-order valence-corrected chi connectivity index (χ3v) is 2.23. The minimum absolute atomic E-state index is 0. The zero-order valence-corrected chi connectivity index (χ0v) is 22.4. The second kappa shape index (κ2) is 22.3. The molecular weight excluding hydrogens is 352 g/mol. The molecule has 0 fully saturated rings. The van der Waals surface area contributed by atoms with Gasteiger partial charge in [0.15, 0.2) is 0 Å². The number of carbonyl (C=O) groups is 3. The van der Waals surface area contributed by atoms with Gasteiger partial charge in [-0.15, -0.1) is 0 Å². The number of nitrogens with zero attached hydrogens (tertiary/aromatic N) is 2. The predicted octanol–water partition coefficient (Wildman–Crippen LogP) is -13.7. The van der Waals surface area contributed by atoms with Gasteiger partial charge in [-0.1, -0.05) is 0 Å². The summed E-state index contributed by atoms with van der Waals surface area (Å²) in [5.41, 5.74) is 0. The van der Waals surface area contributed by atoms with Crippen molar-refractivity contribution in [2.24, 2.45) is 0 Å². The Morgan fingerprint density at radius 1 is 0.652 bits per heavy atom. The van der Waals surface area contributed by atoms with Crippen molar-refractivity contribution in [2.45, 2.75) is 0 Å². The summed E-state index contributed by atoms with van der Waals surface area (Å²) in [5, 5.41) is 34.7. The van der Waals surface area contributed by atoms with Gasteiger partial charge in [0.2, 0.25) is 0 Å². The van der Waals surface area contributed by atoms with Crippen molar-refractivity contribution in [3.05, 3.63) is 0 Å². The largest absolute Gasteiger partial charge is 1.00 e. The Balaban J connectivity index is -0.0000000579. The Hall–Kier alpha value is 2.29. The standard InChI is InChI=1S/C10H18N2O7.4Na.4H/c13-4-3-11(5-8(14)15)1-2-12(6-9(16)17)7-10(18)19;;;;;;;;/h13H,1-7H2,(H,14,15)(H,16,17)(H,18,19);;;;;;;;/q;4*+1;4*-1. The molecule has 0 saturated heterocycles. The van der Waals surface area contributed by atoms with Gasteiger partial charge in [0.05, 0.1) is 26.2 Å². The molecule has 0 heterocycles. The predicted molar refractivity (Wildman–Crippen MR) is 67.3 cm³/mol. The Morgan fingerprint density at radius 3 is 1.26 bits per heavy atom. The van der Waals surface area contributed by atoms with E-state index in [2.05, 4.69) is 0 Å². The molecule has 0 aromatic carbocycles. The van der Waals surface area contributed by atoms with Crippen LogP contribution >= 0.6 is 0 Å². The van der Waals surface area contributed by atoms with E-state index in [1.807, 2.05) is 0 Å². The van der Waals surface area contributed by atoms with Gasteiger partial charge < -0.3 is 26.1 Å². The molecule has 0 saturated carbocycles. The van der Waals surface area contributed by atoms with E-state index in [0.717, 1.165) is 0 Å². The van der Waals surface area contributed by atoms with Gasteiger partial charge in [-0.25, -0.2) is 0 Å². The van der Waals surface area contributed by atoms with Crippen LogP contribution in [0.4, 0.5) is 0 Å². The van der Waals surface area contributed by atoms with Crippen molar-refractivity contribution in [1.29, 1.82) is 0 Å². The van der Waals surface area contributed by atoms with Gasteiger partial charge in [-0.3, -0.25) is 24.2 Å². The van der Waals surface area contributed by atoms with E-state index in [4.69, 9.17) is 20.4 Å². The van der Waals surface area contributed by atoms with Crippen LogP contribution in [0.15, 0.2) is 0 Å². The molecule has 0 rings (SSSR count). The van der Waals surface area contributed by atoms with Gasteiger partial charge in [0, 0.05) is 19.6 Å². The van der Waals surface area contributed by atoms with Crippen LogP contribution in [0.3, 0.4) is 0 Å². The molecule has 0 aromatic rings. The number of hydrogen-bond donors (Lipinski definition) is 4. The van der Waals surface area contributed by atoms with Crippen molar-refractivity contribution >= 4 is 17.9 Å². The first kappa shape index (κ1) is 36.2. The summed E-state index contributed by atoms with van der Waals surface area (Å²) >= 11 is 0. The van der Waals surface area contributed by atoms with Crippen LogP contribution < -0.4 is 118 Å². The molecule has 4 N–H and O–H groups in total. The maximum atomic E-state index is 10.6. The summed E-state index contributed by atoms with van der Waals surface area (Å²) in [6.45, 7) is -1.03. The molecule has 0 aromatic heterocycles. The number of rotatable bonds is 11. The molecule has 0 aliphatic heterocycles. The second-order valence-electron chi connectivity index (χ2n) is 3.89. The molecular formula is C10H22N2Na4O7. The first-order valence-corrected chi connectivity index (χ1v) is 5.56. The van der Waals surface area contributed by atoms with Crippen LogP contribution in [0.2, 0.25) is 0 Å². The molecule has 0 unspecified atom stereocenters. The summed E-state index contributed by atoms with van der Waals surface area (Å²) in [7, 11) is 0. The van der Waals surface area contributed by atoms with Gasteiger partial charge in [0.25, 0.3) is 0 Å². The number of aliphatic hydroxyl groups excluding tert-OH is 1. The van der Waals surface area contributed by atoms with Crippen molar-refractivity contribution in [3.8, 4) is 0 Å². The van der Waals surface area contributed by atoms with Gasteiger partial charge in [-0.2, -0.15) is 0 Å². The molecule has 0 amide bonds. The fourth-order valence-corrected chi connectivity index (χ4v) is 1.48. The topological polar surface area (TPSA) is 139 Å². The van der Waals surface area contributed by atoms with Gasteiger partial charge in [-0.05, 0) is 0 Å². The van der Waals surface area contributed by atoms with Crippen LogP contribution in [0.25, 0.3) is 0 Å². The first-order chi connectivity index (χ1) is 8.85. The molecule has 0 aliphatic carbocycles. The minimum Gasteiger partial charge on any atom is -1.00 e. The smallest absolute Gasteiger partial charge is 1.00 e. The second-order valence-corrected chi connectivity index (χ2v) is 3.89. The SMILES string of the molecule is O=C(O)CN(CCO)CCN(CC(=O)O)CC(=O)O.[H-].[H-].[H-].[H-].[Na+].[Na+].[Na+].[Na+]. The van der Waals surface area contributed by atoms with Crippen LogP contribution in [0.1, 0.15) is 5.71 Å². The van der Waals surface area contributed by atoms with Crippen molar-refractivity contribution in [3.63, 3.8) is 0 Å². The maximum Gasteiger partial charge on any atom is 1.00 e. The van der Waals surface area contributed by atoms with Gasteiger partial charge in [0.1, 0.15) is 0 Å².